The fourth-order valence-electron chi connectivity index (χ4n) is 1.45. The van der Waals surface area contributed by atoms with Gasteiger partial charge in [0.15, 0.2) is 0 Å². The molecule has 0 amide bonds. The van der Waals surface area contributed by atoms with E-state index in [9.17, 15) is 0 Å². The van der Waals surface area contributed by atoms with Crippen molar-refractivity contribution >= 4 is 0 Å². The molecule has 0 aromatic rings. The summed E-state index contributed by atoms with van der Waals surface area (Å²) in [4.78, 5) is 0. The summed E-state index contributed by atoms with van der Waals surface area (Å²) >= 11 is 0. The van der Waals surface area contributed by atoms with Crippen LogP contribution >= 0.6 is 0 Å². The standard InChI is InChI=1S/C10H24N2/c1-5-12-8-9(7-11)6-10(2,3)4/h9,12H,5-8,11H2,1-4H3. The molecule has 12 heavy (non-hydrogen) atoms. The summed E-state index contributed by atoms with van der Waals surface area (Å²) in [5.41, 5.74) is 6.08. The van der Waals surface area contributed by atoms with Crippen LogP contribution in [0, 0.1) is 11.3 Å². The van der Waals surface area contributed by atoms with Gasteiger partial charge in [0.2, 0.25) is 0 Å². The minimum Gasteiger partial charge on any atom is -0.330 e. The van der Waals surface area contributed by atoms with E-state index in [1.54, 1.807) is 0 Å². The van der Waals surface area contributed by atoms with E-state index in [0.717, 1.165) is 19.6 Å². The molecule has 2 heteroatoms. The van der Waals surface area contributed by atoms with Crippen LogP contribution in [0.15, 0.2) is 0 Å². The van der Waals surface area contributed by atoms with E-state index in [-0.39, 0.29) is 0 Å². The highest BCUT2D eigenvalue weighted by Crippen LogP contribution is 2.23. The number of nitrogens with one attached hydrogen (secondary N) is 1. The van der Waals surface area contributed by atoms with Gasteiger partial charge in [-0.2, -0.15) is 0 Å². The molecular weight excluding hydrogens is 148 g/mol. The minimum absolute atomic E-state index is 0.402. The van der Waals surface area contributed by atoms with E-state index >= 15 is 0 Å². The van der Waals surface area contributed by atoms with Crippen LogP contribution in [0.3, 0.4) is 0 Å². The summed E-state index contributed by atoms with van der Waals surface area (Å²) in [5, 5.41) is 3.34. The van der Waals surface area contributed by atoms with E-state index in [1.165, 1.54) is 6.42 Å². The summed E-state index contributed by atoms with van der Waals surface area (Å²) in [5.74, 6) is 0.630. The monoisotopic (exact) mass is 172 g/mol. The zero-order chi connectivity index (χ0) is 9.61. The fraction of sp³-hybridized carbons (Fsp3) is 1.00. The highest BCUT2D eigenvalue weighted by molar-refractivity contribution is 4.71. The maximum atomic E-state index is 5.68. The van der Waals surface area contributed by atoms with Gasteiger partial charge in [-0.15, -0.1) is 0 Å². The van der Waals surface area contributed by atoms with Crippen molar-refractivity contribution in [2.24, 2.45) is 17.1 Å². The predicted octanol–water partition coefficient (Wildman–Crippen LogP) is 1.61. The molecule has 0 aliphatic carbocycles. The van der Waals surface area contributed by atoms with Crippen LogP contribution in [0.5, 0.6) is 0 Å². The Hall–Kier alpha value is -0.0800. The number of hydrogen-bond donors (Lipinski definition) is 2. The fourth-order valence-corrected chi connectivity index (χ4v) is 1.45. The third-order valence-electron chi connectivity index (χ3n) is 1.92. The van der Waals surface area contributed by atoms with E-state index in [0.29, 0.717) is 11.3 Å². The van der Waals surface area contributed by atoms with Gasteiger partial charge < -0.3 is 11.1 Å². The molecule has 0 bridgehead atoms. The van der Waals surface area contributed by atoms with Gasteiger partial charge in [-0.1, -0.05) is 27.7 Å². The molecule has 3 N–H and O–H groups in total. The number of rotatable bonds is 5. The first kappa shape index (κ1) is 11.9. The molecule has 0 spiro atoms. The van der Waals surface area contributed by atoms with Crippen LogP contribution in [-0.4, -0.2) is 19.6 Å². The van der Waals surface area contributed by atoms with Crippen LogP contribution < -0.4 is 11.1 Å². The zero-order valence-corrected chi connectivity index (χ0v) is 8.98. The average molecular weight is 172 g/mol. The highest BCUT2D eigenvalue weighted by Gasteiger charge is 2.16. The third kappa shape index (κ3) is 6.62. The van der Waals surface area contributed by atoms with E-state index < -0.39 is 0 Å². The van der Waals surface area contributed by atoms with Crippen molar-refractivity contribution in [2.45, 2.75) is 34.1 Å². The predicted molar refractivity (Wildman–Crippen MR) is 55.2 cm³/mol. The van der Waals surface area contributed by atoms with Crippen LogP contribution in [0.1, 0.15) is 34.1 Å². The van der Waals surface area contributed by atoms with Gasteiger partial charge in [-0.3, -0.25) is 0 Å². The second kappa shape index (κ2) is 5.55. The molecule has 1 atom stereocenters. The molecule has 74 valence electrons. The summed E-state index contributed by atoms with van der Waals surface area (Å²) in [6.07, 6.45) is 1.20. The summed E-state index contributed by atoms with van der Waals surface area (Å²) in [7, 11) is 0. The van der Waals surface area contributed by atoms with Crippen molar-refractivity contribution in [1.82, 2.24) is 5.32 Å². The van der Waals surface area contributed by atoms with Gasteiger partial charge in [-0.05, 0) is 37.4 Å². The maximum absolute atomic E-state index is 5.68. The maximum Gasteiger partial charge on any atom is -0.000837 e. The molecule has 1 unspecified atom stereocenters. The SMILES string of the molecule is CCNCC(CN)CC(C)(C)C. The van der Waals surface area contributed by atoms with Crippen molar-refractivity contribution in [1.29, 1.82) is 0 Å². The van der Waals surface area contributed by atoms with Gasteiger partial charge in [0.25, 0.3) is 0 Å². The summed E-state index contributed by atoms with van der Waals surface area (Å²) in [6.45, 7) is 11.8. The first-order valence-electron chi connectivity index (χ1n) is 4.90. The molecule has 0 saturated carbocycles. The Morgan fingerprint density at radius 3 is 2.25 bits per heavy atom. The third-order valence-corrected chi connectivity index (χ3v) is 1.92. The smallest absolute Gasteiger partial charge is 0.000837 e. The van der Waals surface area contributed by atoms with Crippen molar-refractivity contribution in [2.75, 3.05) is 19.6 Å². The second-order valence-corrected chi connectivity index (χ2v) is 4.67. The molecule has 0 aliphatic heterocycles. The Kier molecular flexibility index (Phi) is 5.51. The topological polar surface area (TPSA) is 38.0 Å². The Morgan fingerprint density at radius 2 is 1.92 bits per heavy atom. The van der Waals surface area contributed by atoms with Crippen LogP contribution in [-0.2, 0) is 0 Å². The lowest BCUT2D eigenvalue weighted by atomic mass is 9.84. The van der Waals surface area contributed by atoms with E-state index in [1.807, 2.05) is 0 Å². The highest BCUT2D eigenvalue weighted by atomic mass is 14.9. The van der Waals surface area contributed by atoms with Crippen molar-refractivity contribution in [3.8, 4) is 0 Å². The van der Waals surface area contributed by atoms with Crippen molar-refractivity contribution < 1.29 is 0 Å². The summed E-state index contributed by atoms with van der Waals surface area (Å²) in [6, 6.07) is 0. The van der Waals surface area contributed by atoms with Crippen LogP contribution in [0.2, 0.25) is 0 Å². The minimum atomic E-state index is 0.402. The van der Waals surface area contributed by atoms with Gasteiger partial charge >= 0.3 is 0 Å². The number of nitrogens with two attached hydrogens (primary N) is 1. The molecule has 0 aromatic heterocycles. The normalized spacial score (nSPS) is 14.8. The lowest BCUT2D eigenvalue weighted by molar-refractivity contribution is 0.291. The van der Waals surface area contributed by atoms with Crippen molar-refractivity contribution in [3.63, 3.8) is 0 Å². The Bertz CT molecular complexity index is 105. The van der Waals surface area contributed by atoms with Gasteiger partial charge in [0, 0.05) is 0 Å². The zero-order valence-electron chi connectivity index (χ0n) is 8.98. The molecule has 0 radical (unpaired) electrons. The number of hydrogen-bond acceptors (Lipinski definition) is 2. The molecule has 2 nitrogen and oxygen atoms in total. The quantitative estimate of drug-likeness (QED) is 0.661. The molecule has 0 fully saturated rings. The molecule has 0 aliphatic rings. The summed E-state index contributed by atoms with van der Waals surface area (Å²) < 4.78 is 0. The van der Waals surface area contributed by atoms with E-state index in [4.69, 9.17) is 5.73 Å². The molecular formula is C10H24N2. The van der Waals surface area contributed by atoms with E-state index in [2.05, 4.69) is 33.0 Å². The van der Waals surface area contributed by atoms with Crippen molar-refractivity contribution in [3.05, 3.63) is 0 Å². The Labute approximate surface area is 76.9 Å². The molecule has 0 rings (SSSR count). The van der Waals surface area contributed by atoms with Crippen LogP contribution in [0.4, 0.5) is 0 Å². The average Bonchev–Trinajstić information content (AvgIpc) is 1.95. The largest absolute Gasteiger partial charge is 0.330 e. The molecule has 0 saturated heterocycles. The first-order valence-corrected chi connectivity index (χ1v) is 4.90. The lowest BCUT2D eigenvalue weighted by Crippen LogP contribution is -2.31. The lowest BCUT2D eigenvalue weighted by Gasteiger charge is -2.25. The van der Waals surface area contributed by atoms with Gasteiger partial charge in [0.1, 0.15) is 0 Å². The Balaban J connectivity index is 3.67. The molecule has 0 heterocycles. The Morgan fingerprint density at radius 1 is 1.33 bits per heavy atom. The van der Waals surface area contributed by atoms with Gasteiger partial charge in [-0.25, -0.2) is 0 Å². The molecule has 0 aromatic carbocycles. The first-order chi connectivity index (χ1) is 5.49. The van der Waals surface area contributed by atoms with Gasteiger partial charge in [0.05, 0.1) is 0 Å². The second-order valence-electron chi connectivity index (χ2n) is 4.67. The van der Waals surface area contributed by atoms with Crippen LogP contribution in [0.25, 0.3) is 0 Å².